The molecular formula is C22H34BN3O4. The summed E-state index contributed by atoms with van der Waals surface area (Å²) in [6.45, 7) is 18.1. The third-order valence-electron chi connectivity index (χ3n) is 5.88. The Hall–Kier alpha value is -2.06. The van der Waals surface area contributed by atoms with Gasteiger partial charge in [0.25, 0.3) is 0 Å². The summed E-state index contributed by atoms with van der Waals surface area (Å²) in [6, 6.07) is 5.68. The number of rotatable bonds is 4. The van der Waals surface area contributed by atoms with Gasteiger partial charge in [0, 0.05) is 6.54 Å². The Morgan fingerprint density at radius 1 is 1.23 bits per heavy atom. The molecule has 0 spiro atoms. The molecule has 1 aromatic heterocycles. The minimum atomic E-state index is -0.546. The monoisotopic (exact) mass is 415 g/mol. The van der Waals surface area contributed by atoms with Crippen molar-refractivity contribution in [1.82, 2.24) is 14.9 Å². The molecule has 164 valence electrons. The molecule has 1 amide bonds. The zero-order chi connectivity index (χ0) is 22.5. The molecule has 0 radical (unpaired) electrons. The van der Waals surface area contributed by atoms with Gasteiger partial charge in [-0.15, -0.1) is 0 Å². The number of hydrogen-bond donors (Lipinski definition) is 1. The number of hydrogen-bond acceptors (Lipinski definition) is 5. The van der Waals surface area contributed by atoms with Crippen LogP contribution in [0.25, 0.3) is 11.0 Å². The molecular weight excluding hydrogens is 381 g/mol. The zero-order valence-corrected chi connectivity index (χ0v) is 19.6. The molecule has 0 bridgehead atoms. The van der Waals surface area contributed by atoms with Crippen molar-refractivity contribution in [2.75, 3.05) is 6.54 Å². The molecule has 0 unspecified atom stereocenters. The molecule has 7 nitrogen and oxygen atoms in total. The highest BCUT2D eigenvalue weighted by Gasteiger charge is 2.51. The zero-order valence-electron chi connectivity index (χ0n) is 19.6. The second kappa shape index (κ2) is 7.57. The van der Waals surface area contributed by atoms with Crippen molar-refractivity contribution < 1.29 is 18.8 Å². The SMILES string of the molecule is CCN(C(=O)OC(C)(C)C)[C@@H](C)c1nc2ccc(B3OC(C)(C)C(C)(C)O3)cc2[nH]1. The van der Waals surface area contributed by atoms with Gasteiger partial charge in [0.15, 0.2) is 0 Å². The second-order valence-electron chi connectivity index (χ2n) is 9.93. The fourth-order valence-electron chi connectivity index (χ4n) is 3.40. The summed E-state index contributed by atoms with van der Waals surface area (Å²) in [6.07, 6.45) is -0.351. The van der Waals surface area contributed by atoms with Crippen LogP contribution >= 0.6 is 0 Å². The molecule has 1 saturated heterocycles. The first-order valence-electron chi connectivity index (χ1n) is 10.6. The molecule has 3 rings (SSSR count). The third kappa shape index (κ3) is 4.35. The summed E-state index contributed by atoms with van der Waals surface area (Å²) in [5.41, 5.74) is 1.31. The van der Waals surface area contributed by atoms with Crippen LogP contribution in [-0.2, 0) is 14.0 Å². The largest absolute Gasteiger partial charge is 0.494 e. The van der Waals surface area contributed by atoms with E-state index in [1.54, 1.807) is 4.90 Å². The molecule has 1 aliphatic rings. The van der Waals surface area contributed by atoms with Gasteiger partial charge in [-0.2, -0.15) is 0 Å². The van der Waals surface area contributed by atoms with Gasteiger partial charge in [-0.3, -0.25) is 4.90 Å². The number of imidazole rings is 1. The van der Waals surface area contributed by atoms with Crippen molar-refractivity contribution >= 4 is 29.7 Å². The van der Waals surface area contributed by atoms with Crippen LogP contribution in [0.15, 0.2) is 18.2 Å². The van der Waals surface area contributed by atoms with Gasteiger partial charge in [-0.25, -0.2) is 9.78 Å². The second-order valence-corrected chi connectivity index (χ2v) is 9.93. The number of benzene rings is 1. The lowest BCUT2D eigenvalue weighted by Gasteiger charge is -2.32. The maximum atomic E-state index is 12.6. The van der Waals surface area contributed by atoms with Crippen LogP contribution in [0.1, 0.15) is 74.2 Å². The molecule has 0 aliphatic carbocycles. The molecule has 2 aromatic rings. The molecule has 0 saturated carbocycles. The Kier molecular flexibility index (Phi) is 5.71. The van der Waals surface area contributed by atoms with Crippen molar-refractivity contribution in [3.05, 3.63) is 24.0 Å². The quantitative estimate of drug-likeness (QED) is 0.759. The van der Waals surface area contributed by atoms with Crippen LogP contribution in [-0.4, -0.2) is 51.4 Å². The van der Waals surface area contributed by atoms with Crippen molar-refractivity contribution in [1.29, 1.82) is 0 Å². The lowest BCUT2D eigenvalue weighted by Crippen LogP contribution is -2.41. The fourth-order valence-corrected chi connectivity index (χ4v) is 3.40. The Morgan fingerprint density at radius 2 is 1.83 bits per heavy atom. The van der Waals surface area contributed by atoms with Gasteiger partial charge in [0.1, 0.15) is 11.4 Å². The number of H-pyrrole nitrogens is 1. The van der Waals surface area contributed by atoms with Crippen LogP contribution in [0.4, 0.5) is 4.79 Å². The van der Waals surface area contributed by atoms with E-state index in [-0.39, 0.29) is 12.1 Å². The smallest absolute Gasteiger partial charge is 0.444 e. The summed E-state index contributed by atoms with van der Waals surface area (Å²) in [5, 5.41) is 0. The summed E-state index contributed by atoms with van der Waals surface area (Å²) >= 11 is 0. The number of nitrogens with zero attached hydrogens (tertiary/aromatic N) is 2. The van der Waals surface area contributed by atoms with Gasteiger partial charge in [0.2, 0.25) is 0 Å². The van der Waals surface area contributed by atoms with Gasteiger partial charge < -0.3 is 19.0 Å². The average molecular weight is 415 g/mol. The first kappa shape index (κ1) is 22.6. The summed E-state index contributed by atoms with van der Waals surface area (Å²) in [7, 11) is -0.433. The van der Waals surface area contributed by atoms with Crippen LogP contribution in [0.3, 0.4) is 0 Å². The van der Waals surface area contributed by atoms with E-state index in [1.165, 1.54) is 0 Å². The summed E-state index contributed by atoms with van der Waals surface area (Å²) in [5.74, 6) is 0.712. The molecule has 1 atom stereocenters. The average Bonchev–Trinajstić information content (AvgIpc) is 3.11. The van der Waals surface area contributed by atoms with Gasteiger partial charge >= 0.3 is 13.2 Å². The van der Waals surface area contributed by atoms with Gasteiger partial charge in [-0.05, 0) is 79.9 Å². The van der Waals surface area contributed by atoms with E-state index >= 15 is 0 Å². The number of ether oxygens (including phenoxy) is 1. The summed E-state index contributed by atoms with van der Waals surface area (Å²) in [4.78, 5) is 22.3. The van der Waals surface area contributed by atoms with Crippen LogP contribution in [0, 0.1) is 0 Å². The van der Waals surface area contributed by atoms with Crippen LogP contribution in [0.5, 0.6) is 0 Å². The molecule has 1 aromatic carbocycles. The number of aromatic amines is 1. The number of carbonyl (C=O) groups excluding carboxylic acids is 1. The molecule has 1 N–H and O–H groups in total. The Morgan fingerprint density at radius 3 is 2.37 bits per heavy atom. The van der Waals surface area contributed by atoms with Gasteiger partial charge in [0.05, 0.1) is 28.3 Å². The number of fused-ring (bicyclic) bond motifs is 1. The predicted octanol–water partition coefficient (Wildman–Crippen LogP) is 4.18. The highest BCUT2D eigenvalue weighted by atomic mass is 16.7. The minimum Gasteiger partial charge on any atom is -0.444 e. The standard InChI is InChI=1S/C22H34BN3O4/c1-10-26(19(27)28-20(3,4)5)14(2)18-24-16-12-11-15(13-17(16)25-18)23-29-21(6,7)22(8,9)30-23/h11-14H,10H2,1-9H3,(H,24,25)/t14-/m0/s1. The molecule has 8 heteroatoms. The fraction of sp³-hybridized carbons (Fsp3) is 0.636. The van der Waals surface area contributed by atoms with Crippen molar-refractivity contribution in [3.63, 3.8) is 0 Å². The molecule has 1 fully saturated rings. The first-order valence-corrected chi connectivity index (χ1v) is 10.6. The molecule has 1 aliphatic heterocycles. The normalized spacial score (nSPS) is 19.2. The van der Waals surface area contributed by atoms with E-state index in [9.17, 15) is 4.79 Å². The number of amides is 1. The topological polar surface area (TPSA) is 76.7 Å². The predicted molar refractivity (Wildman–Crippen MR) is 119 cm³/mol. The van der Waals surface area contributed by atoms with Gasteiger partial charge in [-0.1, -0.05) is 6.07 Å². The number of carbonyl (C=O) groups is 1. The van der Waals surface area contributed by atoms with Crippen molar-refractivity contribution in [3.8, 4) is 0 Å². The van der Waals surface area contributed by atoms with Crippen molar-refractivity contribution in [2.24, 2.45) is 0 Å². The maximum absolute atomic E-state index is 12.6. The highest BCUT2D eigenvalue weighted by molar-refractivity contribution is 6.62. The van der Waals surface area contributed by atoms with Crippen LogP contribution in [0.2, 0.25) is 0 Å². The number of nitrogens with one attached hydrogen (secondary N) is 1. The third-order valence-corrected chi connectivity index (χ3v) is 5.88. The molecule has 30 heavy (non-hydrogen) atoms. The number of aromatic nitrogens is 2. The highest BCUT2D eigenvalue weighted by Crippen LogP contribution is 2.36. The van der Waals surface area contributed by atoms with E-state index in [4.69, 9.17) is 19.0 Å². The first-order chi connectivity index (χ1) is 13.7. The van der Waals surface area contributed by atoms with E-state index < -0.39 is 23.9 Å². The Balaban J connectivity index is 1.84. The minimum absolute atomic E-state index is 0.252. The van der Waals surface area contributed by atoms with Crippen molar-refractivity contribution in [2.45, 2.75) is 85.2 Å². The summed E-state index contributed by atoms with van der Waals surface area (Å²) < 4.78 is 17.9. The Bertz CT molecular complexity index is 916. The van der Waals surface area contributed by atoms with E-state index in [1.807, 2.05) is 80.5 Å². The molecule has 2 heterocycles. The van der Waals surface area contributed by atoms with E-state index in [2.05, 4.69) is 4.98 Å². The maximum Gasteiger partial charge on any atom is 0.494 e. The Labute approximate surface area is 179 Å². The van der Waals surface area contributed by atoms with E-state index in [0.29, 0.717) is 12.4 Å². The van der Waals surface area contributed by atoms with Crippen LogP contribution < -0.4 is 5.46 Å². The lowest BCUT2D eigenvalue weighted by molar-refractivity contribution is 0.00578. The van der Waals surface area contributed by atoms with E-state index in [0.717, 1.165) is 16.5 Å². The lowest BCUT2D eigenvalue weighted by atomic mass is 9.79.